The van der Waals surface area contributed by atoms with Gasteiger partial charge in [-0.1, -0.05) is 12.1 Å². The van der Waals surface area contributed by atoms with Crippen LogP contribution in [0.25, 0.3) is 0 Å². The highest BCUT2D eigenvalue weighted by Crippen LogP contribution is 2.34. The monoisotopic (exact) mass is 266 g/mol. The minimum atomic E-state index is -3.08. The van der Waals surface area contributed by atoms with Crippen LogP contribution < -0.4 is 10.6 Å². The highest BCUT2D eigenvalue weighted by molar-refractivity contribution is 7.92. The lowest BCUT2D eigenvalue weighted by Crippen LogP contribution is -2.42. The van der Waals surface area contributed by atoms with Crippen LogP contribution in [0.3, 0.4) is 0 Å². The molecule has 1 saturated carbocycles. The smallest absolute Gasteiger partial charge is 0.181 e. The zero-order valence-corrected chi connectivity index (χ0v) is 11.0. The average molecular weight is 266 g/mol. The lowest BCUT2D eigenvalue weighted by Gasteiger charge is -2.25. The van der Waals surface area contributed by atoms with Gasteiger partial charge in [0.15, 0.2) is 9.84 Å². The largest absolute Gasteiger partial charge is 0.314 e. The molecule has 2 fully saturated rings. The third-order valence-corrected chi connectivity index (χ3v) is 5.85. The van der Waals surface area contributed by atoms with E-state index in [4.69, 9.17) is 0 Å². The summed E-state index contributed by atoms with van der Waals surface area (Å²) < 4.78 is 24.4. The average Bonchev–Trinajstić information content (AvgIpc) is 3.25. The first-order chi connectivity index (χ1) is 8.68. The first-order valence-corrected chi connectivity index (χ1v) is 8.00. The van der Waals surface area contributed by atoms with E-state index in [1.165, 1.54) is 0 Å². The van der Waals surface area contributed by atoms with Crippen molar-refractivity contribution in [3.63, 3.8) is 0 Å². The Morgan fingerprint density at radius 1 is 1.17 bits per heavy atom. The Labute approximate surface area is 108 Å². The predicted molar refractivity (Wildman–Crippen MR) is 70.3 cm³/mol. The van der Waals surface area contributed by atoms with E-state index in [1.54, 1.807) is 6.07 Å². The van der Waals surface area contributed by atoms with Crippen LogP contribution in [0.1, 0.15) is 24.4 Å². The number of hydrogen-bond acceptors (Lipinski definition) is 4. The second kappa shape index (κ2) is 4.64. The second-order valence-corrected chi connectivity index (χ2v) is 7.26. The third kappa shape index (κ3) is 2.30. The van der Waals surface area contributed by atoms with Gasteiger partial charge in [-0.3, -0.25) is 0 Å². The summed E-state index contributed by atoms with van der Waals surface area (Å²) in [5.74, 6) is 0. The Balaban J connectivity index is 1.88. The molecule has 1 aliphatic carbocycles. The van der Waals surface area contributed by atoms with E-state index in [0.717, 1.165) is 38.0 Å². The molecule has 1 atom stereocenters. The lowest BCUT2D eigenvalue weighted by atomic mass is 10.1. The molecule has 18 heavy (non-hydrogen) atoms. The molecule has 98 valence electrons. The maximum atomic E-state index is 12.2. The van der Waals surface area contributed by atoms with Gasteiger partial charge in [-0.05, 0) is 30.5 Å². The van der Waals surface area contributed by atoms with E-state index >= 15 is 0 Å². The molecule has 1 aromatic carbocycles. The van der Waals surface area contributed by atoms with Crippen LogP contribution >= 0.6 is 0 Å². The van der Waals surface area contributed by atoms with E-state index in [1.807, 2.05) is 18.2 Å². The molecule has 0 bridgehead atoms. The summed E-state index contributed by atoms with van der Waals surface area (Å²) in [6, 6.07) is 7.61. The summed E-state index contributed by atoms with van der Waals surface area (Å²) in [5, 5.41) is 6.58. The predicted octanol–water partition coefficient (Wildman–Crippen LogP) is 0.857. The van der Waals surface area contributed by atoms with Crippen molar-refractivity contribution in [1.29, 1.82) is 0 Å². The van der Waals surface area contributed by atoms with Crippen LogP contribution in [0.4, 0.5) is 0 Å². The van der Waals surface area contributed by atoms with Crippen LogP contribution in [0.5, 0.6) is 0 Å². The quantitative estimate of drug-likeness (QED) is 0.852. The number of hydrogen-bond donors (Lipinski definition) is 2. The van der Waals surface area contributed by atoms with Crippen LogP contribution in [-0.4, -0.2) is 33.3 Å². The van der Waals surface area contributed by atoms with E-state index in [9.17, 15) is 8.42 Å². The Hall–Kier alpha value is -0.910. The van der Waals surface area contributed by atoms with Crippen molar-refractivity contribution in [3.8, 4) is 0 Å². The Bertz CT molecular complexity index is 532. The summed E-state index contributed by atoms with van der Waals surface area (Å²) in [7, 11) is -3.08. The van der Waals surface area contributed by atoms with Crippen molar-refractivity contribution in [2.24, 2.45) is 0 Å². The van der Waals surface area contributed by atoms with Gasteiger partial charge in [0.1, 0.15) is 0 Å². The minimum Gasteiger partial charge on any atom is -0.314 e. The molecule has 2 aliphatic rings. The third-order valence-electron chi connectivity index (χ3n) is 3.59. The highest BCUT2D eigenvalue weighted by Gasteiger charge is 2.37. The summed E-state index contributed by atoms with van der Waals surface area (Å²) >= 11 is 0. The van der Waals surface area contributed by atoms with Gasteiger partial charge >= 0.3 is 0 Å². The molecule has 1 aromatic rings. The van der Waals surface area contributed by atoms with Crippen LogP contribution in [0, 0.1) is 0 Å². The normalized spacial score (nSPS) is 25.0. The van der Waals surface area contributed by atoms with Gasteiger partial charge in [-0.2, -0.15) is 0 Å². The highest BCUT2D eigenvalue weighted by atomic mass is 32.2. The van der Waals surface area contributed by atoms with Crippen LogP contribution in [0.15, 0.2) is 29.2 Å². The van der Waals surface area contributed by atoms with Crippen molar-refractivity contribution in [1.82, 2.24) is 10.6 Å². The Morgan fingerprint density at radius 3 is 2.67 bits per heavy atom. The van der Waals surface area contributed by atoms with Gasteiger partial charge in [0.25, 0.3) is 0 Å². The van der Waals surface area contributed by atoms with Crippen LogP contribution in [-0.2, 0) is 9.84 Å². The van der Waals surface area contributed by atoms with Crippen molar-refractivity contribution in [2.45, 2.75) is 29.0 Å². The van der Waals surface area contributed by atoms with Gasteiger partial charge in [0.05, 0.1) is 10.1 Å². The van der Waals surface area contributed by atoms with E-state index in [0.29, 0.717) is 4.90 Å². The second-order valence-electron chi connectivity index (χ2n) is 5.03. The summed E-state index contributed by atoms with van der Waals surface area (Å²) in [6.45, 7) is 2.74. The van der Waals surface area contributed by atoms with Crippen molar-refractivity contribution in [2.75, 3.05) is 19.6 Å². The molecule has 3 rings (SSSR count). The van der Waals surface area contributed by atoms with Gasteiger partial charge in [-0.25, -0.2) is 8.42 Å². The SMILES string of the molecule is O=S(=O)(c1cccc(C2CNCCN2)c1)C1CC1. The molecule has 1 heterocycles. The molecule has 0 spiro atoms. The number of piperazine rings is 1. The fourth-order valence-electron chi connectivity index (χ4n) is 2.37. The Kier molecular flexibility index (Phi) is 3.13. The zero-order valence-electron chi connectivity index (χ0n) is 10.2. The summed E-state index contributed by atoms with van der Waals surface area (Å²) in [4.78, 5) is 0.481. The first kappa shape index (κ1) is 12.1. The minimum absolute atomic E-state index is 0.134. The molecule has 1 aliphatic heterocycles. The fourth-order valence-corrected chi connectivity index (χ4v) is 4.08. The molecule has 1 saturated heterocycles. The van der Waals surface area contributed by atoms with Crippen molar-refractivity contribution in [3.05, 3.63) is 29.8 Å². The number of sulfone groups is 1. The summed E-state index contributed by atoms with van der Waals surface area (Å²) in [6.07, 6.45) is 1.63. The van der Waals surface area contributed by atoms with E-state index < -0.39 is 9.84 Å². The molecule has 4 nitrogen and oxygen atoms in total. The lowest BCUT2D eigenvalue weighted by molar-refractivity contribution is 0.429. The maximum absolute atomic E-state index is 12.2. The van der Waals surface area contributed by atoms with Gasteiger partial charge in [-0.15, -0.1) is 0 Å². The van der Waals surface area contributed by atoms with E-state index in [-0.39, 0.29) is 11.3 Å². The molecular formula is C13H18N2O2S. The summed E-state index contributed by atoms with van der Waals surface area (Å²) in [5.41, 5.74) is 1.06. The molecule has 5 heteroatoms. The van der Waals surface area contributed by atoms with Gasteiger partial charge in [0.2, 0.25) is 0 Å². The number of nitrogens with one attached hydrogen (secondary N) is 2. The van der Waals surface area contributed by atoms with Crippen molar-refractivity contribution < 1.29 is 8.42 Å². The van der Waals surface area contributed by atoms with Crippen molar-refractivity contribution >= 4 is 9.84 Å². The molecule has 0 radical (unpaired) electrons. The van der Waals surface area contributed by atoms with Gasteiger partial charge < -0.3 is 10.6 Å². The molecule has 2 N–H and O–H groups in total. The molecule has 0 aromatic heterocycles. The zero-order chi connectivity index (χ0) is 12.6. The maximum Gasteiger partial charge on any atom is 0.181 e. The molecular weight excluding hydrogens is 248 g/mol. The number of benzene rings is 1. The number of rotatable bonds is 3. The van der Waals surface area contributed by atoms with Gasteiger partial charge in [0, 0.05) is 25.7 Å². The first-order valence-electron chi connectivity index (χ1n) is 6.46. The molecule has 1 unspecified atom stereocenters. The fraction of sp³-hybridized carbons (Fsp3) is 0.538. The topological polar surface area (TPSA) is 58.2 Å². The standard InChI is InChI=1S/C13H18N2O2S/c16-18(17,11-4-5-11)12-3-1-2-10(8-12)13-9-14-6-7-15-13/h1-3,8,11,13-15H,4-7,9H2. The molecule has 0 amide bonds. The Morgan fingerprint density at radius 2 is 2.00 bits per heavy atom. The van der Waals surface area contributed by atoms with Crippen LogP contribution in [0.2, 0.25) is 0 Å². The van der Waals surface area contributed by atoms with E-state index in [2.05, 4.69) is 10.6 Å².